The minimum Gasteiger partial charge on any atom is -0.289 e. The number of aromatic nitrogens is 3. The van der Waals surface area contributed by atoms with Gasteiger partial charge in [0.05, 0.1) is 6.21 Å². The molecule has 0 fully saturated rings. The number of aromatic amines is 1. The van der Waals surface area contributed by atoms with E-state index in [1.807, 2.05) is 24.3 Å². The molecule has 2 rings (SSSR count). The zero-order valence-electron chi connectivity index (χ0n) is 8.59. The van der Waals surface area contributed by atoms with E-state index in [2.05, 4.69) is 48.3 Å². The number of nitrogens with zero attached hydrogens (tertiary/aromatic N) is 3. The summed E-state index contributed by atoms with van der Waals surface area (Å²) in [7, 11) is 0. The van der Waals surface area contributed by atoms with Crippen molar-refractivity contribution >= 4 is 34.8 Å². The third-order valence-corrected chi connectivity index (χ3v) is 2.84. The van der Waals surface area contributed by atoms with Crippen LogP contribution in [0.5, 0.6) is 0 Å². The number of hydrazone groups is 1. The van der Waals surface area contributed by atoms with Crippen molar-refractivity contribution < 1.29 is 0 Å². The monoisotopic (exact) mass is 341 g/mol. The first kappa shape index (κ1) is 11.7. The van der Waals surface area contributed by atoms with E-state index < -0.39 is 0 Å². The van der Waals surface area contributed by atoms with Gasteiger partial charge >= 0.3 is 0 Å². The molecule has 86 valence electrons. The Morgan fingerprint density at radius 2 is 2.24 bits per heavy atom. The second-order valence-corrected chi connectivity index (χ2v) is 4.24. The highest BCUT2D eigenvalue weighted by Gasteiger charge is 1.94. The summed E-state index contributed by atoms with van der Waals surface area (Å²) in [6.07, 6.45) is 2.74. The highest BCUT2D eigenvalue weighted by atomic mass is 127. The molecule has 2 aromatic rings. The lowest BCUT2D eigenvalue weighted by molar-refractivity contribution is 0.939. The lowest BCUT2D eigenvalue weighted by atomic mass is 10.2. The van der Waals surface area contributed by atoms with Crippen molar-refractivity contribution in [2.24, 2.45) is 5.10 Å². The molecular formula is C10H8IN5O. The maximum atomic E-state index is 10.9. The van der Waals surface area contributed by atoms with Gasteiger partial charge in [0.1, 0.15) is 6.20 Å². The summed E-state index contributed by atoms with van der Waals surface area (Å²) in [4.78, 5) is 13.4. The molecule has 17 heavy (non-hydrogen) atoms. The van der Waals surface area contributed by atoms with Crippen molar-refractivity contribution in [3.05, 3.63) is 49.9 Å². The average Bonchev–Trinajstić information content (AvgIpc) is 2.32. The number of hydrogen-bond acceptors (Lipinski definition) is 5. The van der Waals surface area contributed by atoms with Gasteiger partial charge in [-0.15, -0.1) is 10.2 Å². The Kier molecular flexibility index (Phi) is 3.81. The third kappa shape index (κ3) is 3.34. The summed E-state index contributed by atoms with van der Waals surface area (Å²) >= 11 is 2.22. The zero-order valence-corrected chi connectivity index (χ0v) is 10.7. The summed E-state index contributed by atoms with van der Waals surface area (Å²) < 4.78 is 1.09. The molecule has 2 N–H and O–H groups in total. The first-order chi connectivity index (χ1) is 8.25. The van der Waals surface area contributed by atoms with Crippen molar-refractivity contribution in [3.63, 3.8) is 0 Å². The van der Waals surface area contributed by atoms with E-state index >= 15 is 0 Å². The van der Waals surface area contributed by atoms with Gasteiger partial charge in [0, 0.05) is 9.13 Å². The Morgan fingerprint density at radius 1 is 1.41 bits per heavy atom. The smallest absolute Gasteiger partial charge is 0.271 e. The van der Waals surface area contributed by atoms with Gasteiger partial charge in [-0.2, -0.15) is 5.10 Å². The van der Waals surface area contributed by atoms with Crippen LogP contribution in [-0.2, 0) is 0 Å². The molecule has 0 aliphatic rings. The van der Waals surface area contributed by atoms with Crippen LogP contribution >= 0.6 is 22.6 Å². The van der Waals surface area contributed by atoms with Crippen LogP contribution in [0.15, 0.2) is 40.4 Å². The zero-order chi connectivity index (χ0) is 12.1. The molecule has 0 bridgehead atoms. The minimum atomic E-state index is -0.327. The van der Waals surface area contributed by atoms with Gasteiger partial charge in [-0.3, -0.25) is 9.78 Å². The molecule has 1 heterocycles. The molecule has 1 aromatic heterocycles. The van der Waals surface area contributed by atoms with Crippen LogP contribution in [0.3, 0.4) is 0 Å². The lowest BCUT2D eigenvalue weighted by Gasteiger charge is -1.98. The molecule has 7 heteroatoms. The van der Waals surface area contributed by atoms with Gasteiger partial charge in [0.25, 0.3) is 5.56 Å². The number of hydrogen-bond donors (Lipinski definition) is 2. The molecule has 0 amide bonds. The second-order valence-electron chi connectivity index (χ2n) is 3.07. The highest BCUT2D eigenvalue weighted by molar-refractivity contribution is 14.1. The molecule has 1 aromatic carbocycles. The Bertz CT molecular complexity index is 595. The average molecular weight is 341 g/mol. The van der Waals surface area contributed by atoms with Crippen molar-refractivity contribution in [1.29, 1.82) is 0 Å². The summed E-state index contributed by atoms with van der Waals surface area (Å²) in [5.41, 5.74) is 3.25. The van der Waals surface area contributed by atoms with Crippen molar-refractivity contribution in [3.8, 4) is 0 Å². The Morgan fingerprint density at radius 3 is 3.00 bits per heavy atom. The molecule has 6 nitrogen and oxygen atoms in total. The van der Waals surface area contributed by atoms with Crippen LogP contribution in [0.1, 0.15) is 5.56 Å². The fourth-order valence-corrected chi connectivity index (χ4v) is 1.63. The number of anilines is 1. The van der Waals surface area contributed by atoms with Gasteiger partial charge in [-0.05, 0) is 28.7 Å². The van der Waals surface area contributed by atoms with E-state index in [1.54, 1.807) is 6.21 Å². The Labute approximate surface area is 110 Å². The number of H-pyrrole nitrogens is 1. The van der Waals surface area contributed by atoms with Crippen LogP contribution in [0, 0.1) is 3.57 Å². The van der Waals surface area contributed by atoms with Crippen molar-refractivity contribution in [2.75, 3.05) is 5.43 Å². The molecule has 0 aliphatic heterocycles. The van der Waals surface area contributed by atoms with Gasteiger partial charge in [-0.1, -0.05) is 18.2 Å². The maximum Gasteiger partial charge on any atom is 0.271 e. The third-order valence-electron chi connectivity index (χ3n) is 1.85. The van der Waals surface area contributed by atoms with Crippen LogP contribution in [0.25, 0.3) is 0 Å². The Hall–Kier alpha value is -1.77. The highest BCUT2D eigenvalue weighted by Crippen LogP contribution is 2.08. The quantitative estimate of drug-likeness (QED) is 0.500. The predicted molar refractivity (Wildman–Crippen MR) is 73.0 cm³/mol. The van der Waals surface area contributed by atoms with Gasteiger partial charge in [0.2, 0.25) is 5.95 Å². The molecule has 0 saturated heterocycles. The SMILES string of the molecule is O=c1cnnc(N/N=C\c2ccccc2I)[nH]1. The second kappa shape index (κ2) is 5.53. The molecule has 0 atom stereocenters. The standard InChI is InChI=1S/C10H8IN5O/c11-8-4-2-1-3-7(8)5-12-15-10-14-9(17)6-13-16-10/h1-6H,(H2,14,15,16,17)/b12-5-. The molecule has 0 unspecified atom stereocenters. The van der Waals surface area contributed by atoms with E-state index in [-0.39, 0.29) is 11.5 Å². The number of benzene rings is 1. The fourth-order valence-electron chi connectivity index (χ4n) is 1.11. The molecule has 0 aliphatic carbocycles. The van der Waals surface area contributed by atoms with Gasteiger partial charge < -0.3 is 0 Å². The van der Waals surface area contributed by atoms with Crippen LogP contribution in [0.2, 0.25) is 0 Å². The number of halogens is 1. The van der Waals surface area contributed by atoms with Crippen molar-refractivity contribution in [1.82, 2.24) is 15.2 Å². The van der Waals surface area contributed by atoms with Gasteiger partial charge in [0.15, 0.2) is 0 Å². The molecule has 0 spiro atoms. The molecular weight excluding hydrogens is 333 g/mol. The largest absolute Gasteiger partial charge is 0.289 e. The lowest BCUT2D eigenvalue weighted by Crippen LogP contribution is -2.10. The van der Waals surface area contributed by atoms with Crippen LogP contribution in [-0.4, -0.2) is 21.4 Å². The number of rotatable bonds is 3. The predicted octanol–water partition coefficient (Wildman–Crippen LogP) is 1.22. The van der Waals surface area contributed by atoms with Crippen molar-refractivity contribution in [2.45, 2.75) is 0 Å². The van der Waals surface area contributed by atoms with Gasteiger partial charge in [-0.25, -0.2) is 5.43 Å². The van der Waals surface area contributed by atoms with E-state index in [4.69, 9.17) is 0 Å². The van der Waals surface area contributed by atoms with E-state index in [0.717, 1.165) is 15.3 Å². The van der Waals surface area contributed by atoms with E-state index in [0.29, 0.717) is 0 Å². The van der Waals surface area contributed by atoms with E-state index in [1.165, 1.54) is 0 Å². The first-order valence-corrected chi connectivity index (χ1v) is 5.79. The summed E-state index contributed by atoms with van der Waals surface area (Å²) in [5, 5.41) is 11.1. The van der Waals surface area contributed by atoms with E-state index in [9.17, 15) is 4.79 Å². The minimum absolute atomic E-state index is 0.208. The van der Waals surface area contributed by atoms with Crippen LogP contribution < -0.4 is 11.0 Å². The summed E-state index contributed by atoms with van der Waals surface area (Å²) in [6.45, 7) is 0. The topological polar surface area (TPSA) is 83.0 Å². The Balaban J connectivity index is 2.08. The normalized spacial score (nSPS) is 10.6. The first-order valence-electron chi connectivity index (χ1n) is 4.71. The number of nitrogens with one attached hydrogen (secondary N) is 2. The maximum absolute atomic E-state index is 10.9. The molecule has 0 saturated carbocycles. The fraction of sp³-hybridized carbons (Fsp3) is 0. The summed E-state index contributed by atoms with van der Waals surface area (Å²) in [6, 6.07) is 7.79. The van der Waals surface area contributed by atoms with Crippen LogP contribution in [0.4, 0.5) is 5.95 Å². The summed E-state index contributed by atoms with van der Waals surface area (Å²) in [5.74, 6) is 0.208. The molecule has 0 radical (unpaired) electrons.